The minimum Gasteiger partial charge on any atom is -0.520 e. The Morgan fingerprint density at radius 3 is 2.19 bits per heavy atom. The maximum absolute atomic E-state index is 12.9. The first-order valence-electron chi connectivity index (χ1n) is 6.81. The maximum atomic E-state index is 12.9. The molecule has 0 bridgehead atoms. The molecule has 1 heterocycles. The van der Waals surface area contributed by atoms with Gasteiger partial charge in [-0.3, -0.25) is 4.79 Å². The van der Waals surface area contributed by atoms with Gasteiger partial charge in [-0.25, -0.2) is 8.42 Å². The molecular weight excluding hydrogens is 289 g/mol. The van der Waals surface area contributed by atoms with Crippen molar-refractivity contribution in [3.8, 4) is 0 Å². The highest BCUT2D eigenvalue weighted by Crippen LogP contribution is 2.30. The second-order valence-electron chi connectivity index (χ2n) is 5.79. The first-order valence-corrected chi connectivity index (χ1v) is 8.25. The average molecular weight is 308 g/mol. The molecule has 0 amide bonds. The Balaban J connectivity index is 2.56. The van der Waals surface area contributed by atoms with Crippen LogP contribution in [-0.4, -0.2) is 32.3 Å². The zero-order valence-electron chi connectivity index (χ0n) is 12.9. The van der Waals surface area contributed by atoms with Gasteiger partial charge in [0.2, 0.25) is 10.0 Å². The van der Waals surface area contributed by atoms with Gasteiger partial charge in [0.15, 0.2) is 0 Å². The third-order valence-corrected chi connectivity index (χ3v) is 5.59. The highest BCUT2D eigenvalue weighted by molar-refractivity contribution is 7.90. The molecule has 5 nitrogen and oxygen atoms in total. The molecule has 113 valence electrons. The fraction of sp³-hybridized carbons (Fsp3) is 0.500. The maximum Gasteiger partial charge on any atom is 0.498 e. The second kappa shape index (κ2) is 5.46. The molecule has 1 aromatic rings. The molecule has 0 spiro atoms. The molecule has 2 rings (SSSR count). The van der Waals surface area contributed by atoms with E-state index in [1.807, 2.05) is 19.1 Å². The van der Waals surface area contributed by atoms with Crippen molar-refractivity contribution in [1.82, 2.24) is 4.22 Å². The van der Waals surface area contributed by atoms with E-state index in [4.69, 9.17) is 4.65 Å². The fourth-order valence-electron chi connectivity index (χ4n) is 2.79. The van der Waals surface area contributed by atoms with Crippen LogP contribution in [0.3, 0.4) is 0 Å². The van der Waals surface area contributed by atoms with Crippen molar-refractivity contribution in [2.45, 2.75) is 45.6 Å². The van der Waals surface area contributed by atoms with Gasteiger partial charge in [0.05, 0.1) is 4.90 Å². The van der Waals surface area contributed by atoms with Crippen molar-refractivity contribution in [3.63, 3.8) is 0 Å². The Hall–Kier alpha value is -1.34. The van der Waals surface area contributed by atoms with Crippen LogP contribution in [0, 0.1) is 26.7 Å². The average Bonchev–Trinajstić information content (AvgIpc) is 2.69. The Kier molecular flexibility index (Phi) is 4.17. The molecule has 1 atom stereocenters. The minimum absolute atomic E-state index is 0.169. The van der Waals surface area contributed by atoms with Crippen molar-refractivity contribution in [2.75, 3.05) is 0 Å². The van der Waals surface area contributed by atoms with Gasteiger partial charge in [-0.15, -0.1) is 0 Å². The summed E-state index contributed by atoms with van der Waals surface area (Å²) in [5, 5.41) is 0. The summed E-state index contributed by atoms with van der Waals surface area (Å²) < 4.78 is 31.7. The summed E-state index contributed by atoms with van der Waals surface area (Å²) in [6.45, 7) is 9.03. The SMILES string of the molecule is Cc1cc(C)c(S(=O)(=O)N2[B]OC(=O)[C@@H]2C(C)C)c(C)c1. The lowest BCUT2D eigenvalue weighted by molar-refractivity contribution is -0.135. The van der Waals surface area contributed by atoms with Crippen LogP contribution >= 0.6 is 0 Å². The number of rotatable bonds is 3. The van der Waals surface area contributed by atoms with Gasteiger partial charge >= 0.3 is 13.6 Å². The van der Waals surface area contributed by atoms with E-state index in [0.717, 1.165) is 17.4 Å². The van der Waals surface area contributed by atoms with Crippen LogP contribution < -0.4 is 0 Å². The summed E-state index contributed by atoms with van der Waals surface area (Å²) in [5.74, 6) is -0.701. The molecule has 0 aliphatic carbocycles. The largest absolute Gasteiger partial charge is 0.520 e. The van der Waals surface area contributed by atoms with E-state index >= 15 is 0 Å². The fourth-order valence-corrected chi connectivity index (χ4v) is 4.72. The monoisotopic (exact) mass is 308 g/mol. The third-order valence-electron chi connectivity index (χ3n) is 3.56. The first kappa shape index (κ1) is 16.0. The summed E-state index contributed by atoms with van der Waals surface area (Å²) in [5.41, 5.74) is 2.34. The molecule has 1 radical (unpaired) electrons. The van der Waals surface area contributed by atoms with Crippen molar-refractivity contribution >= 4 is 23.6 Å². The number of aryl methyl sites for hydroxylation is 3. The molecule has 0 N–H and O–H groups in total. The zero-order chi connectivity index (χ0) is 15.9. The summed E-state index contributed by atoms with van der Waals surface area (Å²) in [6, 6.07) is 2.83. The quantitative estimate of drug-likeness (QED) is 0.798. The van der Waals surface area contributed by atoms with E-state index in [2.05, 4.69) is 0 Å². The van der Waals surface area contributed by atoms with Gasteiger partial charge in [-0.05, 0) is 37.8 Å². The summed E-state index contributed by atoms with van der Waals surface area (Å²) in [6.07, 6.45) is 0. The normalized spacial score (nSPS) is 19.7. The zero-order valence-corrected chi connectivity index (χ0v) is 13.7. The van der Waals surface area contributed by atoms with Crippen LogP contribution in [0.2, 0.25) is 0 Å². The van der Waals surface area contributed by atoms with E-state index < -0.39 is 22.0 Å². The molecule has 1 fully saturated rings. The van der Waals surface area contributed by atoms with Crippen LogP contribution in [-0.2, 0) is 19.5 Å². The van der Waals surface area contributed by atoms with Crippen LogP contribution in [0.1, 0.15) is 30.5 Å². The number of hydrogen-bond acceptors (Lipinski definition) is 4. The van der Waals surface area contributed by atoms with Gasteiger partial charge in [-0.1, -0.05) is 31.5 Å². The molecule has 21 heavy (non-hydrogen) atoms. The number of hydrogen-bond donors (Lipinski definition) is 0. The van der Waals surface area contributed by atoms with E-state index in [0.29, 0.717) is 11.1 Å². The van der Waals surface area contributed by atoms with Crippen LogP contribution in [0.4, 0.5) is 0 Å². The standard InChI is InChI=1S/C14H19BNO4S/c1-8(2)12-14(17)20-15-16(12)21(18,19)13-10(4)6-9(3)7-11(13)5/h6-8,12H,1-5H3/t12-/m0/s1. The number of sulfonamides is 1. The van der Waals surface area contributed by atoms with Crippen LogP contribution in [0.15, 0.2) is 17.0 Å². The van der Waals surface area contributed by atoms with Gasteiger partial charge in [0, 0.05) is 0 Å². The number of benzene rings is 1. The first-order chi connectivity index (χ1) is 9.66. The van der Waals surface area contributed by atoms with E-state index in [1.165, 1.54) is 0 Å². The molecule has 1 aromatic carbocycles. The van der Waals surface area contributed by atoms with Crippen molar-refractivity contribution in [3.05, 3.63) is 28.8 Å². The lowest BCUT2D eigenvalue weighted by Crippen LogP contribution is -2.43. The Bertz CT molecular complexity index is 661. The Morgan fingerprint density at radius 2 is 1.71 bits per heavy atom. The molecule has 0 unspecified atom stereocenters. The van der Waals surface area contributed by atoms with Gasteiger partial charge in [-0.2, -0.15) is 4.22 Å². The molecule has 0 aromatic heterocycles. The third kappa shape index (κ3) is 2.72. The summed E-state index contributed by atoms with van der Waals surface area (Å²) >= 11 is 0. The summed E-state index contributed by atoms with van der Waals surface area (Å²) in [4.78, 5) is 12.0. The number of carbonyl (C=O) groups is 1. The molecule has 7 heteroatoms. The van der Waals surface area contributed by atoms with Crippen molar-refractivity contribution < 1.29 is 17.9 Å². The highest BCUT2D eigenvalue weighted by atomic mass is 32.2. The topological polar surface area (TPSA) is 63.7 Å². The predicted molar refractivity (Wildman–Crippen MR) is 80.1 cm³/mol. The number of carbonyl (C=O) groups excluding carboxylic acids is 1. The molecule has 1 aliphatic rings. The van der Waals surface area contributed by atoms with Crippen LogP contribution in [0.5, 0.6) is 0 Å². The van der Waals surface area contributed by atoms with E-state index in [1.54, 1.807) is 27.7 Å². The van der Waals surface area contributed by atoms with E-state index in [-0.39, 0.29) is 10.8 Å². The van der Waals surface area contributed by atoms with Gasteiger partial charge in [0.1, 0.15) is 6.04 Å². The smallest absolute Gasteiger partial charge is 0.498 e. The Labute approximate surface area is 126 Å². The number of nitrogens with zero attached hydrogens (tertiary/aromatic N) is 1. The lowest BCUT2D eigenvalue weighted by atomic mass is 10.0. The summed E-state index contributed by atoms with van der Waals surface area (Å²) in [7, 11) is -2.80. The lowest BCUT2D eigenvalue weighted by Gasteiger charge is -2.24. The van der Waals surface area contributed by atoms with E-state index in [9.17, 15) is 13.2 Å². The highest BCUT2D eigenvalue weighted by Gasteiger charge is 2.46. The van der Waals surface area contributed by atoms with Gasteiger partial charge < -0.3 is 4.65 Å². The van der Waals surface area contributed by atoms with Crippen molar-refractivity contribution in [1.29, 1.82) is 0 Å². The van der Waals surface area contributed by atoms with Gasteiger partial charge in [0.25, 0.3) is 0 Å². The molecular formula is C14H19BNO4S. The molecule has 1 aliphatic heterocycles. The molecule has 1 saturated heterocycles. The predicted octanol–water partition coefficient (Wildman–Crippen LogP) is 1.72. The molecule has 0 saturated carbocycles. The second-order valence-corrected chi connectivity index (χ2v) is 7.57. The minimum atomic E-state index is -3.81. The van der Waals surface area contributed by atoms with Crippen molar-refractivity contribution in [2.24, 2.45) is 5.92 Å². The van der Waals surface area contributed by atoms with Crippen LogP contribution in [0.25, 0.3) is 0 Å². The Morgan fingerprint density at radius 1 is 1.19 bits per heavy atom.